The molecule has 4 bridgehead atoms. The molecule has 4 amide bonds. The number of hydrogen-bond donors (Lipinski definition) is 2. The Labute approximate surface area is 321 Å². The van der Waals surface area contributed by atoms with E-state index in [0.29, 0.717) is 41.4 Å². The summed E-state index contributed by atoms with van der Waals surface area (Å²) in [6, 6.07) is 15.4. The van der Waals surface area contributed by atoms with Crippen molar-refractivity contribution in [2.75, 3.05) is 74.4 Å². The molecule has 1 aromatic carbocycles. The molecule has 10 rings (SSSR count). The van der Waals surface area contributed by atoms with Crippen LogP contribution in [0, 0.1) is 0 Å². The van der Waals surface area contributed by atoms with Crippen LogP contribution in [0.2, 0.25) is 5.15 Å². The Bertz CT molecular complexity index is 2220. The van der Waals surface area contributed by atoms with Gasteiger partial charge in [-0.15, -0.1) is 0 Å². The number of fused-ring (bicyclic) bond motifs is 8. The number of carbonyl (C=O) groups excluding carboxylic acids is 2. The topological polar surface area (TPSA) is 152 Å². The van der Waals surface area contributed by atoms with E-state index in [0.717, 1.165) is 73.9 Å². The second-order valence-electron chi connectivity index (χ2n) is 14.0. The molecule has 3 fully saturated rings. The predicted octanol–water partition coefficient (Wildman–Crippen LogP) is 5.87. The highest BCUT2D eigenvalue weighted by Crippen LogP contribution is 2.42. The van der Waals surface area contributed by atoms with Crippen molar-refractivity contribution in [1.29, 1.82) is 0 Å². The monoisotopic (exact) mass is 761 g/mol. The first kappa shape index (κ1) is 34.6. The second-order valence-corrected chi connectivity index (χ2v) is 14.3. The molecule has 15 nitrogen and oxygen atoms in total. The molecular formula is C38H37ClFN13O2. The maximum Gasteiger partial charge on any atom is 0.329 e. The molecule has 0 aliphatic carbocycles. The van der Waals surface area contributed by atoms with Crippen LogP contribution in [0.1, 0.15) is 19.3 Å². The largest absolute Gasteiger partial charge is 0.368 e. The highest BCUT2D eigenvalue weighted by molar-refractivity contribution is 6.29. The minimum absolute atomic E-state index is 0.0503. The van der Waals surface area contributed by atoms with Crippen LogP contribution < -0.4 is 35.1 Å². The first-order valence-electron chi connectivity index (χ1n) is 18.3. The van der Waals surface area contributed by atoms with Crippen molar-refractivity contribution < 1.29 is 14.0 Å². The highest BCUT2D eigenvalue weighted by Gasteiger charge is 2.42. The Morgan fingerprint density at radius 2 is 1.29 bits per heavy atom. The molecule has 0 radical (unpaired) electrons. The minimum Gasteiger partial charge on any atom is -0.368 e. The number of halogens is 2. The van der Waals surface area contributed by atoms with Crippen molar-refractivity contribution in [3.8, 4) is 11.3 Å². The number of benzene rings is 1. The molecule has 3 saturated heterocycles. The SMILES string of the molecule is O=C(Nc1cnccn1)N1c2nc(-c3cccc(N4CC[C@@H](F)C4)c3)ccc2N2CC[C@H]1C2.O=C(Nc1cnccn1)N1c2nc(Cl)ccc2N2CC[C@H]1C2. The van der Waals surface area contributed by atoms with Crippen LogP contribution in [0.4, 0.5) is 54.3 Å². The molecule has 280 valence electrons. The summed E-state index contributed by atoms with van der Waals surface area (Å²) in [7, 11) is 0. The molecule has 55 heavy (non-hydrogen) atoms. The summed E-state index contributed by atoms with van der Waals surface area (Å²) < 4.78 is 13.7. The summed E-state index contributed by atoms with van der Waals surface area (Å²) in [4.78, 5) is 61.5. The molecule has 5 aliphatic heterocycles. The summed E-state index contributed by atoms with van der Waals surface area (Å²) in [5.41, 5.74) is 4.62. The third-order valence-corrected chi connectivity index (χ3v) is 10.8. The number of amides is 4. The first-order chi connectivity index (χ1) is 26.9. The van der Waals surface area contributed by atoms with Gasteiger partial charge in [0.25, 0.3) is 0 Å². The number of anilines is 7. The molecule has 3 atom stereocenters. The fourth-order valence-corrected chi connectivity index (χ4v) is 8.10. The van der Waals surface area contributed by atoms with Crippen LogP contribution in [-0.4, -0.2) is 99.5 Å². The third kappa shape index (κ3) is 6.88. The molecule has 17 heteroatoms. The third-order valence-electron chi connectivity index (χ3n) is 10.5. The van der Waals surface area contributed by atoms with E-state index >= 15 is 0 Å². The lowest BCUT2D eigenvalue weighted by Gasteiger charge is -2.35. The smallest absolute Gasteiger partial charge is 0.329 e. The van der Waals surface area contributed by atoms with Gasteiger partial charge in [-0.3, -0.25) is 30.4 Å². The maximum absolute atomic E-state index is 13.7. The van der Waals surface area contributed by atoms with E-state index in [-0.39, 0.29) is 24.1 Å². The molecule has 5 aromatic rings. The predicted molar refractivity (Wildman–Crippen MR) is 209 cm³/mol. The van der Waals surface area contributed by atoms with Crippen molar-refractivity contribution >= 4 is 64.0 Å². The average molecular weight is 762 g/mol. The van der Waals surface area contributed by atoms with Gasteiger partial charge in [0.2, 0.25) is 0 Å². The Kier molecular flexibility index (Phi) is 9.17. The van der Waals surface area contributed by atoms with Crippen molar-refractivity contribution in [3.05, 3.63) is 90.9 Å². The Morgan fingerprint density at radius 3 is 1.87 bits per heavy atom. The van der Waals surface area contributed by atoms with Crippen LogP contribution in [0.15, 0.2) is 85.7 Å². The number of rotatable bonds is 4. The van der Waals surface area contributed by atoms with Crippen molar-refractivity contribution in [3.63, 3.8) is 0 Å². The van der Waals surface area contributed by atoms with Crippen molar-refractivity contribution in [1.82, 2.24) is 29.9 Å². The van der Waals surface area contributed by atoms with Gasteiger partial charge in [-0.25, -0.2) is 33.9 Å². The fraction of sp³-hybridized carbons (Fsp3) is 0.316. The number of alkyl halides is 1. The molecule has 9 heterocycles. The zero-order valence-corrected chi connectivity index (χ0v) is 30.4. The molecule has 5 aliphatic rings. The van der Waals surface area contributed by atoms with Crippen molar-refractivity contribution in [2.45, 2.75) is 37.5 Å². The quantitative estimate of drug-likeness (QED) is 0.212. The normalized spacial score (nSPS) is 20.4. The Morgan fingerprint density at radius 1 is 0.691 bits per heavy atom. The van der Waals surface area contributed by atoms with Crippen LogP contribution in [0.25, 0.3) is 11.3 Å². The lowest BCUT2D eigenvalue weighted by Crippen LogP contribution is -2.48. The summed E-state index contributed by atoms with van der Waals surface area (Å²) in [6.07, 6.45) is 10.8. The van der Waals surface area contributed by atoms with Crippen molar-refractivity contribution in [2.24, 2.45) is 0 Å². The van der Waals surface area contributed by atoms with Gasteiger partial charge in [0.05, 0.1) is 41.5 Å². The van der Waals surface area contributed by atoms with Gasteiger partial charge in [0.15, 0.2) is 23.3 Å². The number of carbonyl (C=O) groups is 2. The maximum atomic E-state index is 13.7. The summed E-state index contributed by atoms with van der Waals surface area (Å²) >= 11 is 6.01. The number of aromatic nitrogens is 6. The van der Waals surface area contributed by atoms with Crippen LogP contribution in [-0.2, 0) is 0 Å². The van der Waals surface area contributed by atoms with E-state index in [1.54, 1.807) is 34.5 Å². The number of nitrogens with zero attached hydrogens (tertiary/aromatic N) is 11. The summed E-state index contributed by atoms with van der Waals surface area (Å²) in [5, 5.41) is 6.00. The number of hydrogen-bond acceptors (Lipinski definition) is 11. The highest BCUT2D eigenvalue weighted by atomic mass is 35.5. The van der Waals surface area contributed by atoms with Gasteiger partial charge in [-0.2, -0.15) is 0 Å². The molecule has 0 unspecified atom stereocenters. The van der Waals surface area contributed by atoms with E-state index in [1.165, 1.54) is 18.6 Å². The van der Waals surface area contributed by atoms with Crippen LogP contribution in [0.5, 0.6) is 0 Å². The lowest BCUT2D eigenvalue weighted by atomic mass is 10.1. The number of urea groups is 2. The fourth-order valence-electron chi connectivity index (χ4n) is 7.96. The zero-order chi connectivity index (χ0) is 37.5. The van der Waals surface area contributed by atoms with E-state index in [4.69, 9.17) is 16.6 Å². The van der Waals surface area contributed by atoms with Crippen LogP contribution >= 0.6 is 11.6 Å². The van der Waals surface area contributed by atoms with E-state index < -0.39 is 6.17 Å². The number of pyridine rings is 2. The lowest BCUT2D eigenvalue weighted by molar-refractivity contribution is 0.254. The van der Waals surface area contributed by atoms with Gasteiger partial charge in [-0.1, -0.05) is 23.7 Å². The van der Waals surface area contributed by atoms with Gasteiger partial charge < -0.3 is 14.7 Å². The molecule has 0 saturated carbocycles. The average Bonchev–Trinajstić information content (AvgIpc) is 3.95. The van der Waals surface area contributed by atoms with Gasteiger partial charge >= 0.3 is 12.1 Å². The van der Waals surface area contributed by atoms with E-state index in [2.05, 4.69) is 56.3 Å². The summed E-state index contributed by atoms with van der Waals surface area (Å²) in [5.74, 6) is 2.07. The Balaban J connectivity index is 0.000000157. The van der Waals surface area contributed by atoms with Gasteiger partial charge in [0.1, 0.15) is 11.3 Å². The minimum atomic E-state index is -0.776. The second kappa shape index (κ2) is 14.6. The van der Waals surface area contributed by atoms with E-state index in [1.807, 2.05) is 36.4 Å². The molecule has 4 aromatic heterocycles. The molecule has 0 spiro atoms. The number of nitrogens with one attached hydrogen (secondary N) is 2. The zero-order valence-electron chi connectivity index (χ0n) is 29.7. The molecular weight excluding hydrogens is 725 g/mol. The Hall–Kier alpha value is -6.16. The first-order valence-corrected chi connectivity index (χ1v) is 18.6. The van der Waals surface area contributed by atoms with E-state index in [9.17, 15) is 14.0 Å². The standard InChI is InChI=1S/C24H24FN7O.C14H13ClN6O/c25-17-6-10-30(14-17)18-3-1-2-16(12-18)20-4-5-21-23(28-20)32(19-7-11-31(21)15-19)24(33)29-22-13-26-8-9-27-22;15-11-2-1-10-13(18-11)21(9-3-6-20(10)8-9)14(22)19-12-7-16-4-5-17-12/h1-5,8-9,12-13,17,19H,6-7,10-11,14-15H2,(H,27,29,33);1-2,4-5,7,9H,3,6,8H2,(H,17,19,22)/t17-,19+;9-/m10/s1. The van der Waals surface area contributed by atoms with Gasteiger partial charge in [0, 0.05) is 75.3 Å². The van der Waals surface area contributed by atoms with Gasteiger partial charge in [-0.05, 0) is 55.7 Å². The summed E-state index contributed by atoms with van der Waals surface area (Å²) in [6.45, 7) is 4.54. The van der Waals surface area contributed by atoms with Crippen LogP contribution in [0.3, 0.4) is 0 Å². The molecule has 2 N–H and O–H groups in total.